The molecule has 0 spiro atoms. The topological polar surface area (TPSA) is 91.0 Å². The van der Waals surface area contributed by atoms with Gasteiger partial charge in [-0.1, -0.05) is 11.8 Å². The maximum Gasteiger partial charge on any atom is 0.341 e. The molecule has 0 bridgehead atoms. The minimum atomic E-state index is -0.451. The summed E-state index contributed by atoms with van der Waals surface area (Å²) in [7, 11) is 5.21. The number of ether oxygens (including phenoxy) is 1. The molecular weight excluding hydrogens is 410 g/mol. The first-order chi connectivity index (χ1) is 13.8. The van der Waals surface area contributed by atoms with Crippen molar-refractivity contribution >= 4 is 40.0 Å². The van der Waals surface area contributed by atoms with Crippen molar-refractivity contribution in [2.24, 2.45) is 14.1 Å². The fourth-order valence-electron chi connectivity index (χ4n) is 2.82. The van der Waals surface area contributed by atoms with Gasteiger partial charge in [0.1, 0.15) is 10.8 Å². The lowest BCUT2D eigenvalue weighted by Crippen LogP contribution is -2.16. The van der Waals surface area contributed by atoms with Crippen LogP contribution in [0.15, 0.2) is 23.5 Å². The minimum Gasteiger partial charge on any atom is -0.465 e. The van der Waals surface area contributed by atoms with E-state index in [0.717, 1.165) is 22.0 Å². The summed E-state index contributed by atoms with van der Waals surface area (Å²) in [6, 6.07) is 4.03. The smallest absolute Gasteiger partial charge is 0.341 e. The number of carbonyl (C=O) groups excluding carboxylic acids is 2. The second kappa shape index (κ2) is 8.83. The predicted molar refractivity (Wildman–Crippen MR) is 114 cm³/mol. The molecule has 3 heterocycles. The average Bonchev–Trinajstić information content (AvgIpc) is 3.33. The highest BCUT2D eigenvalue weighted by atomic mass is 32.2. The van der Waals surface area contributed by atoms with Gasteiger partial charge in [0.25, 0.3) is 0 Å². The Hall–Kier alpha value is -2.59. The third kappa shape index (κ3) is 4.54. The van der Waals surface area contributed by atoms with Crippen LogP contribution in [0.4, 0.5) is 5.00 Å². The highest BCUT2D eigenvalue weighted by Crippen LogP contribution is 2.33. The lowest BCUT2D eigenvalue weighted by atomic mass is 10.1. The van der Waals surface area contributed by atoms with Crippen molar-refractivity contribution in [3.05, 3.63) is 45.9 Å². The van der Waals surface area contributed by atoms with E-state index < -0.39 is 5.97 Å². The van der Waals surface area contributed by atoms with Crippen molar-refractivity contribution in [1.29, 1.82) is 0 Å². The van der Waals surface area contributed by atoms with Gasteiger partial charge in [-0.25, -0.2) is 4.79 Å². The number of amides is 1. The molecule has 0 aliphatic heterocycles. The Morgan fingerprint density at radius 1 is 1.28 bits per heavy atom. The first-order valence-electron chi connectivity index (χ1n) is 8.91. The Kier molecular flexibility index (Phi) is 6.43. The summed E-state index contributed by atoms with van der Waals surface area (Å²) in [5.41, 5.74) is 2.37. The number of aryl methyl sites for hydroxylation is 2. The first-order valence-corrected chi connectivity index (χ1v) is 10.7. The average molecular weight is 434 g/mol. The van der Waals surface area contributed by atoms with Crippen LogP contribution >= 0.6 is 23.1 Å². The number of rotatable bonds is 7. The van der Waals surface area contributed by atoms with Crippen LogP contribution in [0.1, 0.15) is 32.3 Å². The fourth-order valence-corrected chi connectivity index (χ4v) is 4.62. The lowest BCUT2D eigenvalue weighted by molar-refractivity contribution is -0.113. The van der Waals surface area contributed by atoms with Crippen LogP contribution in [0.2, 0.25) is 0 Å². The third-order valence-electron chi connectivity index (χ3n) is 4.68. The van der Waals surface area contributed by atoms with Crippen molar-refractivity contribution in [1.82, 2.24) is 19.3 Å². The van der Waals surface area contributed by atoms with E-state index in [1.165, 1.54) is 30.2 Å². The van der Waals surface area contributed by atoms with Crippen molar-refractivity contribution in [3.63, 3.8) is 0 Å². The summed E-state index contributed by atoms with van der Waals surface area (Å²) in [5.74, 6) is 0.321. The van der Waals surface area contributed by atoms with E-state index in [4.69, 9.17) is 4.74 Å². The molecule has 0 unspecified atom stereocenters. The minimum absolute atomic E-state index is 0.159. The van der Waals surface area contributed by atoms with E-state index in [1.54, 1.807) is 0 Å². The van der Waals surface area contributed by atoms with E-state index in [-0.39, 0.29) is 11.7 Å². The maximum absolute atomic E-state index is 12.5. The molecule has 0 saturated carbocycles. The zero-order valence-corrected chi connectivity index (χ0v) is 18.6. The van der Waals surface area contributed by atoms with Crippen LogP contribution in [0.25, 0.3) is 0 Å². The second-order valence-electron chi connectivity index (χ2n) is 6.56. The van der Waals surface area contributed by atoms with Crippen molar-refractivity contribution in [2.75, 3.05) is 18.2 Å². The molecule has 3 aromatic rings. The van der Waals surface area contributed by atoms with Gasteiger partial charge in [0.05, 0.1) is 18.4 Å². The van der Waals surface area contributed by atoms with Crippen LogP contribution < -0.4 is 5.32 Å². The number of nitrogens with one attached hydrogen (secondary N) is 1. The van der Waals surface area contributed by atoms with Crippen molar-refractivity contribution in [2.45, 2.75) is 25.4 Å². The van der Waals surface area contributed by atoms with Crippen LogP contribution in [-0.4, -0.2) is 44.1 Å². The van der Waals surface area contributed by atoms with Gasteiger partial charge in [-0.3, -0.25) is 4.79 Å². The van der Waals surface area contributed by atoms with Crippen LogP contribution in [0.3, 0.4) is 0 Å². The van der Waals surface area contributed by atoms with Crippen LogP contribution in [0.5, 0.6) is 0 Å². The van der Waals surface area contributed by atoms with Gasteiger partial charge >= 0.3 is 5.97 Å². The van der Waals surface area contributed by atoms with E-state index in [0.29, 0.717) is 22.1 Å². The molecule has 0 radical (unpaired) electrons. The zero-order chi connectivity index (χ0) is 21.1. The third-order valence-corrected chi connectivity index (χ3v) is 6.82. The number of esters is 1. The number of nitrogens with zero attached hydrogens (tertiary/aromatic N) is 4. The van der Waals surface area contributed by atoms with Gasteiger partial charge in [0, 0.05) is 37.3 Å². The van der Waals surface area contributed by atoms with Gasteiger partial charge in [-0.15, -0.1) is 21.5 Å². The van der Waals surface area contributed by atoms with Crippen LogP contribution in [-0.2, 0) is 30.0 Å². The molecule has 0 aliphatic carbocycles. The molecule has 8 nitrogen and oxygen atoms in total. The molecule has 0 aliphatic rings. The van der Waals surface area contributed by atoms with Gasteiger partial charge < -0.3 is 19.2 Å². The first kappa shape index (κ1) is 21.1. The standard InChI is InChI=1S/C19H23N5O3S2/c1-11-12(2)29-17(16(11)18(26)27-5)20-15(25)10-28-19-22-21-14(24(19)4)9-13-7-6-8-23(13)3/h6-8H,9-10H2,1-5H3,(H,20,25). The van der Waals surface area contributed by atoms with Gasteiger partial charge in [-0.2, -0.15) is 0 Å². The number of hydrogen-bond acceptors (Lipinski definition) is 7. The number of thiophene rings is 1. The van der Waals surface area contributed by atoms with E-state index >= 15 is 0 Å². The number of anilines is 1. The fraction of sp³-hybridized carbons (Fsp3) is 0.368. The van der Waals surface area contributed by atoms with E-state index in [9.17, 15) is 9.59 Å². The second-order valence-corrected chi connectivity index (χ2v) is 8.73. The molecule has 154 valence electrons. The molecule has 10 heteroatoms. The normalized spacial score (nSPS) is 10.9. The summed E-state index contributed by atoms with van der Waals surface area (Å²) in [6.45, 7) is 3.75. The predicted octanol–water partition coefficient (Wildman–Crippen LogP) is 2.94. The number of methoxy groups -OCH3 is 1. The summed E-state index contributed by atoms with van der Waals surface area (Å²) >= 11 is 2.67. The summed E-state index contributed by atoms with van der Waals surface area (Å²) < 4.78 is 8.77. The molecule has 1 N–H and O–H groups in total. The molecule has 3 aromatic heterocycles. The Morgan fingerprint density at radius 2 is 2.03 bits per heavy atom. The lowest BCUT2D eigenvalue weighted by Gasteiger charge is -2.07. The maximum atomic E-state index is 12.5. The van der Waals surface area contributed by atoms with E-state index in [1.807, 2.05) is 55.4 Å². The summed E-state index contributed by atoms with van der Waals surface area (Å²) in [6.07, 6.45) is 2.65. The summed E-state index contributed by atoms with van der Waals surface area (Å²) in [4.78, 5) is 25.5. The molecule has 0 saturated heterocycles. The molecule has 1 amide bonds. The molecule has 0 aromatic carbocycles. The van der Waals surface area contributed by atoms with Crippen molar-refractivity contribution in [3.8, 4) is 0 Å². The Labute approximate surface area is 177 Å². The molecule has 3 rings (SSSR count). The SMILES string of the molecule is COC(=O)c1c(NC(=O)CSc2nnc(Cc3cccn3C)n2C)sc(C)c1C. The number of carbonyl (C=O) groups is 2. The number of thioether (sulfide) groups is 1. The van der Waals surface area contributed by atoms with Gasteiger partial charge in [0.15, 0.2) is 5.16 Å². The summed E-state index contributed by atoms with van der Waals surface area (Å²) in [5, 5.41) is 12.4. The Balaban J connectivity index is 1.64. The zero-order valence-electron chi connectivity index (χ0n) is 17.0. The molecular formula is C19H23N5O3S2. The molecule has 0 atom stereocenters. The number of aromatic nitrogens is 4. The van der Waals surface area contributed by atoms with Crippen molar-refractivity contribution < 1.29 is 14.3 Å². The number of hydrogen-bond donors (Lipinski definition) is 1. The highest BCUT2D eigenvalue weighted by Gasteiger charge is 2.22. The Morgan fingerprint density at radius 3 is 2.69 bits per heavy atom. The van der Waals surface area contributed by atoms with E-state index in [2.05, 4.69) is 15.5 Å². The van der Waals surface area contributed by atoms with Gasteiger partial charge in [0.2, 0.25) is 5.91 Å². The highest BCUT2D eigenvalue weighted by molar-refractivity contribution is 7.99. The Bertz CT molecular complexity index is 1050. The van der Waals surface area contributed by atoms with Gasteiger partial charge in [-0.05, 0) is 31.5 Å². The molecule has 29 heavy (non-hydrogen) atoms. The molecule has 0 fully saturated rings. The largest absolute Gasteiger partial charge is 0.465 e. The quantitative estimate of drug-likeness (QED) is 0.455. The van der Waals surface area contributed by atoms with Crippen LogP contribution in [0, 0.1) is 13.8 Å². The monoisotopic (exact) mass is 433 g/mol.